The lowest BCUT2D eigenvalue weighted by molar-refractivity contribution is -0.153. The third-order valence-electron chi connectivity index (χ3n) is 4.05. The standard InChI is InChI=1S/C20H24F3N3O3S.HI/c1-15-8-9-16(18(12-15)29-14-20(21,22)23)13-26-19(24-2)25-10-11-30(27,28)17-6-4-3-5-7-17;/h3-9,12H,10-11,13-14H2,1-2H3,(H2,24,25,26);1H. The zero-order chi connectivity index (χ0) is 22.2. The topological polar surface area (TPSA) is 79.8 Å². The van der Waals surface area contributed by atoms with Gasteiger partial charge in [0.2, 0.25) is 0 Å². The summed E-state index contributed by atoms with van der Waals surface area (Å²) >= 11 is 0. The molecular weight excluding hydrogens is 546 g/mol. The second kappa shape index (κ2) is 12.1. The van der Waals surface area contributed by atoms with Crippen LogP contribution >= 0.6 is 24.0 Å². The van der Waals surface area contributed by atoms with Gasteiger partial charge in [-0.3, -0.25) is 4.99 Å². The Morgan fingerprint density at radius 3 is 2.39 bits per heavy atom. The molecule has 0 aliphatic carbocycles. The normalized spacial score (nSPS) is 12.1. The van der Waals surface area contributed by atoms with Gasteiger partial charge in [0, 0.05) is 25.7 Å². The van der Waals surface area contributed by atoms with Gasteiger partial charge in [-0.15, -0.1) is 24.0 Å². The lowest BCUT2D eigenvalue weighted by Gasteiger charge is -2.16. The van der Waals surface area contributed by atoms with Gasteiger partial charge in [-0.1, -0.05) is 30.3 Å². The third kappa shape index (κ3) is 9.33. The molecule has 0 spiro atoms. The van der Waals surface area contributed by atoms with Gasteiger partial charge in [-0.2, -0.15) is 13.2 Å². The van der Waals surface area contributed by atoms with Crippen molar-refractivity contribution in [2.24, 2.45) is 4.99 Å². The van der Waals surface area contributed by atoms with Crippen LogP contribution in [0.3, 0.4) is 0 Å². The molecule has 0 heterocycles. The molecule has 0 saturated carbocycles. The number of rotatable bonds is 8. The first kappa shape index (κ1) is 27.0. The second-order valence-corrected chi connectivity index (χ2v) is 8.61. The number of hydrogen-bond acceptors (Lipinski definition) is 4. The Labute approximate surface area is 197 Å². The molecule has 6 nitrogen and oxygen atoms in total. The van der Waals surface area contributed by atoms with E-state index in [9.17, 15) is 21.6 Å². The van der Waals surface area contributed by atoms with Crippen molar-refractivity contribution in [1.29, 1.82) is 0 Å². The summed E-state index contributed by atoms with van der Waals surface area (Å²) in [6.45, 7) is 0.639. The summed E-state index contributed by atoms with van der Waals surface area (Å²) in [5.74, 6) is 0.310. The van der Waals surface area contributed by atoms with Crippen LogP contribution < -0.4 is 15.4 Å². The van der Waals surface area contributed by atoms with Crippen molar-refractivity contribution in [3.05, 3.63) is 59.7 Å². The summed E-state index contributed by atoms with van der Waals surface area (Å²) in [6.07, 6.45) is -4.43. The number of aliphatic imine (C=N–C) groups is 1. The van der Waals surface area contributed by atoms with Gasteiger partial charge < -0.3 is 15.4 Å². The summed E-state index contributed by atoms with van der Waals surface area (Å²) < 4.78 is 67.0. The molecule has 0 bridgehead atoms. The first-order valence-corrected chi connectivity index (χ1v) is 10.8. The van der Waals surface area contributed by atoms with Crippen LogP contribution in [-0.4, -0.2) is 46.5 Å². The number of halogens is 4. The fourth-order valence-electron chi connectivity index (χ4n) is 2.55. The van der Waals surface area contributed by atoms with Crippen molar-refractivity contribution in [2.75, 3.05) is 26.0 Å². The highest BCUT2D eigenvalue weighted by Gasteiger charge is 2.28. The molecule has 2 aromatic carbocycles. The highest BCUT2D eigenvalue weighted by molar-refractivity contribution is 14.0. The summed E-state index contributed by atoms with van der Waals surface area (Å²) in [5.41, 5.74) is 1.29. The van der Waals surface area contributed by atoms with Crippen LogP contribution in [0.2, 0.25) is 0 Å². The van der Waals surface area contributed by atoms with E-state index in [2.05, 4.69) is 15.6 Å². The van der Waals surface area contributed by atoms with Crippen molar-refractivity contribution in [3.8, 4) is 5.75 Å². The van der Waals surface area contributed by atoms with Gasteiger partial charge >= 0.3 is 6.18 Å². The average Bonchev–Trinajstić information content (AvgIpc) is 2.70. The molecule has 0 saturated heterocycles. The lowest BCUT2D eigenvalue weighted by atomic mass is 10.1. The van der Waals surface area contributed by atoms with E-state index in [1.165, 1.54) is 25.2 Å². The Morgan fingerprint density at radius 2 is 1.77 bits per heavy atom. The van der Waals surface area contributed by atoms with E-state index in [0.29, 0.717) is 11.5 Å². The van der Waals surface area contributed by atoms with Crippen LogP contribution in [0.15, 0.2) is 58.4 Å². The molecule has 2 N–H and O–H groups in total. The van der Waals surface area contributed by atoms with Crippen LogP contribution in [0.4, 0.5) is 13.2 Å². The average molecular weight is 571 g/mol. The van der Waals surface area contributed by atoms with Crippen molar-refractivity contribution in [2.45, 2.75) is 24.5 Å². The molecule has 31 heavy (non-hydrogen) atoms. The lowest BCUT2D eigenvalue weighted by Crippen LogP contribution is -2.39. The number of hydrogen-bond donors (Lipinski definition) is 2. The van der Waals surface area contributed by atoms with E-state index >= 15 is 0 Å². The number of benzene rings is 2. The minimum absolute atomic E-state index is 0. The quantitative estimate of drug-likeness (QED) is 0.287. The minimum atomic E-state index is -4.43. The first-order valence-electron chi connectivity index (χ1n) is 9.12. The number of guanidine groups is 1. The van der Waals surface area contributed by atoms with Crippen LogP contribution in [0.5, 0.6) is 5.75 Å². The molecule has 2 rings (SSSR count). The van der Waals surface area contributed by atoms with Gasteiger partial charge in [0.05, 0.1) is 10.6 Å². The second-order valence-electron chi connectivity index (χ2n) is 6.50. The Kier molecular flexibility index (Phi) is 10.6. The molecule has 0 atom stereocenters. The highest BCUT2D eigenvalue weighted by Crippen LogP contribution is 2.23. The SMILES string of the molecule is CN=C(NCCS(=O)(=O)c1ccccc1)NCc1ccc(C)cc1OCC(F)(F)F.I. The molecule has 172 valence electrons. The zero-order valence-electron chi connectivity index (χ0n) is 17.1. The highest BCUT2D eigenvalue weighted by atomic mass is 127. The maximum absolute atomic E-state index is 12.5. The van der Waals surface area contributed by atoms with E-state index < -0.39 is 22.6 Å². The predicted octanol–water partition coefficient (Wildman–Crippen LogP) is 3.69. The van der Waals surface area contributed by atoms with Gasteiger partial charge in [0.1, 0.15) is 5.75 Å². The van der Waals surface area contributed by atoms with Gasteiger partial charge in [-0.05, 0) is 30.7 Å². The summed E-state index contributed by atoms with van der Waals surface area (Å²) in [4.78, 5) is 4.24. The molecule has 0 aliphatic rings. The van der Waals surface area contributed by atoms with Crippen molar-refractivity contribution in [1.82, 2.24) is 10.6 Å². The summed E-state index contributed by atoms with van der Waals surface area (Å²) in [7, 11) is -1.92. The van der Waals surface area contributed by atoms with Crippen LogP contribution in [0.1, 0.15) is 11.1 Å². The molecule has 11 heteroatoms. The number of aryl methyl sites for hydroxylation is 1. The Bertz CT molecular complexity index is 969. The monoisotopic (exact) mass is 571 g/mol. The first-order chi connectivity index (χ1) is 14.1. The minimum Gasteiger partial charge on any atom is -0.484 e. The smallest absolute Gasteiger partial charge is 0.422 e. The summed E-state index contributed by atoms with van der Waals surface area (Å²) in [5, 5.41) is 5.84. The Hall–Kier alpha value is -2.02. The zero-order valence-corrected chi connectivity index (χ0v) is 20.2. The number of ether oxygens (including phenoxy) is 1. The fraction of sp³-hybridized carbons (Fsp3) is 0.350. The van der Waals surface area contributed by atoms with Gasteiger partial charge in [-0.25, -0.2) is 8.42 Å². The largest absolute Gasteiger partial charge is 0.484 e. The Morgan fingerprint density at radius 1 is 1.10 bits per heavy atom. The van der Waals surface area contributed by atoms with Crippen molar-refractivity contribution < 1.29 is 26.3 Å². The number of nitrogens with one attached hydrogen (secondary N) is 2. The number of nitrogens with zero attached hydrogens (tertiary/aromatic N) is 1. The molecule has 0 aliphatic heterocycles. The van der Waals surface area contributed by atoms with E-state index in [1.807, 2.05) is 0 Å². The molecule has 0 fully saturated rings. The molecule has 0 amide bonds. The van der Waals surface area contributed by atoms with E-state index in [1.54, 1.807) is 37.3 Å². The number of sulfone groups is 1. The van der Waals surface area contributed by atoms with Gasteiger partial charge in [0.15, 0.2) is 22.4 Å². The molecule has 0 unspecified atom stereocenters. The van der Waals surface area contributed by atoms with E-state index in [4.69, 9.17) is 4.74 Å². The molecule has 0 aromatic heterocycles. The molecule has 2 aromatic rings. The van der Waals surface area contributed by atoms with Crippen LogP contribution in [-0.2, 0) is 16.4 Å². The third-order valence-corrected chi connectivity index (χ3v) is 5.78. The van der Waals surface area contributed by atoms with Gasteiger partial charge in [0.25, 0.3) is 0 Å². The van der Waals surface area contributed by atoms with Crippen molar-refractivity contribution >= 4 is 39.8 Å². The maximum atomic E-state index is 12.5. The predicted molar refractivity (Wildman–Crippen MR) is 125 cm³/mol. The molecule has 0 radical (unpaired) electrons. The molecular formula is C20H25F3IN3O3S. The number of alkyl halides is 3. The van der Waals surface area contributed by atoms with E-state index in [-0.39, 0.29) is 53.5 Å². The van der Waals surface area contributed by atoms with Crippen molar-refractivity contribution in [3.63, 3.8) is 0 Å². The Balaban J connectivity index is 0.00000480. The van der Waals surface area contributed by atoms with Crippen LogP contribution in [0.25, 0.3) is 0 Å². The maximum Gasteiger partial charge on any atom is 0.422 e. The van der Waals surface area contributed by atoms with Crippen LogP contribution in [0, 0.1) is 6.92 Å². The summed E-state index contributed by atoms with van der Waals surface area (Å²) in [6, 6.07) is 13.1. The fourth-order valence-corrected chi connectivity index (χ4v) is 3.73. The van der Waals surface area contributed by atoms with E-state index in [0.717, 1.165) is 5.56 Å².